The average molecular weight is 336 g/mol. The van der Waals surface area contributed by atoms with Gasteiger partial charge in [-0.25, -0.2) is 4.79 Å². The number of carbonyl (C=O) groups excluding carboxylic acids is 2. The molecule has 0 aromatic heterocycles. The number of hydrogen-bond donors (Lipinski definition) is 0. The molecule has 0 fully saturated rings. The van der Waals surface area contributed by atoms with Crippen LogP contribution in [-0.2, 0) is 14.3 Å². The van der Waals surface area contributed by atoms with Crippen LogP contribution in [0.3, 0.4) is 0 Å². The maximum Gasteiger partial charge on any atom is 0.331 e. The number of rotatable bonds is 7. The highest BCUT2D eigenvalue weighted by atomic mass is 16.5. The van der Waals surface area contributed by atoms with E-state index in [1.807, 2.05) is 0 Å². The third-order valence-corrected chi connectivity index (χ3v) is 3.32. The molecular formula is C18H24O6. The van der Waals surface area contributed by atoms with Gasteiger partial charge in [0, 0.05) is 23.1 Å². The summed E-state index contributed by atoms with van der Waals surface area (Å²) in [5.74, 6) is 0.791. The molecular weight excluding hydrogens is 312 g/mol. The highest BCUT2D eigenvalue weighted by Gasteiger charge is 2.22. The number of esters is 1. The summed E-state index contributed by atoms with van der Waals surface area (Å²) < 4.78 is 20.6. The van der Waals surface area contributed by atoms with Gasteiger partial charge in [-0.15, -0.1) is 0 Å². The number of ether oxygens (including phenoxy) is 4. The summed E-state index contributed by atoms with van der Waals surface area (Å²) in [7, 11) is 4.56. The second kappa shape index (κ2) is 8.38. The lowest BCUT2D eigenvalue weighted by molar-refractivity contribution is -0.145. The molecule has 0 saturated heterocycles. The average Bonchev–Trinajstić information content (AvgIpc) is 2.55. The summed E-state index contributed by atoms with van der Waals surface area (Å²) in [5.41, 5.74) is 0.0746. The second-order valence-electron chi connectivity index (χ2n) is 6.06. The number of hydrogen-bond acceptors (Lipinski definition) is 6. The molecule has 0 aliphatic heterocycles. The molecule has 0 unspecified atom stereocenters. The summed E-state index contributed by atoms with van der Waals surface area (Å²) in [6, 6.07) is 3.34. The first-order chi connectivity index (χ1) is 11.2. The Labute approximate surface area is 142 Å². The largest absolute Gasteiger partial charge is 0.496 e. The first-order valence-corrected chi connectivity index (χ1v) is 7.41. The quantitative estimate of drug-likeness (QED) is 0.563. The summed E-state index contributed by atoms with van der Waals surface area (Å²) in [4.78, 5) is 23.5. The van der Waals surface area contributed by atoms with E-state index in [1.54, 1.807) is 32.9 Å². The summed E-state index contributed by atoms with van der Waals surface area (Å²) in [6.07, 6.45) is 2.77. The van der Waals surface area contributed by atoms with Crippen LogP contribution < -0.4 is 14.2 Å². The Kier molecular flexibility index (Phi) is 6.82. The van der Waals surface area contributed by atoms with Crippen molar-refractivity contribution in [3.63, 3.8) is 0 Å². The monoisotopic (exact) mass is 336 g/mol. The molecule has 24 heavy (non-hydrogen) atoms. The molecule has 0 aliphatic carbocycles. The number of benzene rings is 1. The SMILES string of the molecule is COc1cc(OC)c(OC)cc1/C=C/C(=O)OCC(=O)C(C)(C)C. The van der Waals surface area contributed by atoms with Gasteiger partial charge in [0.25, 0.3) is 0 Å². The van der Waals surface area contributed by atoms with Gasteiger partial charge in [0.15, 0.2) is 23.9 Å². The lowest BCUT2D eigenvalue weighted by Crippen LogP contribution is -2.25. The van der Waals surface area contributed by atoms with Gasteiger partial charge in [0.2, 0.25) is 0 Å². The molecule has 1 rings (SSSR count). The predicted octanol–water partition coefficient (Wildman–Crippen LogP) is 2.88. The Morgan fingerprint density at radius 1 is 0.958 bits per heavy atom. The molecule has 0 amide bonds. The summed E-state index contributed by atoms with van der Waals surface area (Å²) in [5, 5.41) is 0. The van der Waals surface area contributed by atoms with Crippen LogP contribution in [0.1, 0.15) is 26.3 Å². The lowest BCUT2D eigenvalue weighted by atomic mass is 9.91. The molecule has 6 heteroatoms. The van der Waals surface area contributed by atoms with Crippen molar-refractivity contribution in [3.05, 3.63) is 23.8 Å². The Bertz CT molecular complexity index is 625. The number of Topliss-reactive ketones (excluding diaryl/α,β-unsaturated/α-hetero) is 1. The smallest absolute Gasteiger partial charge is 0.331 e. The fourth-order valence-electron chi connectivity index (χ4n) is 1.74. The Hall–Kier alpha value is -2.50. The van der Waals surface area contributed by atoms with E-state index in [1.165, 1.54) is 33.5 Å². The lowest BCUT2D eigenvalue weighted by Gasteiger charge is -2.15. The van der Waals surface area contributed by atoms with E-state index in [0.29, 0.717) is 22.8 Å². The molecule has 132 valence electrons. The molecule has 1 aromatic carbocycles. The second-order valence-corrected chi connectivity index (χ2v) is 6.06. The molecule has 0 radical (unpaired) electrons. The van der Waals surface area contributed by atoms with Gasteiger partial charge in [0.05, 0.1) is 21.3 Å². The van der Waals surface area contributed by atoms with Gasteiger partial charge in [-0.2, -0.15) is 0 Å². The van der Waals surface area contributed by atoms with E-state index >= 15 is 0 Å². The standard InChI is InChI=1S/C18H24O6/c1-18(2,3)16(19)11-24-17(20)8-7-12-9-14(22-5)15(23-6)10-13(12)21-4/h7-10H,11H2,1-6H3/b8-7+. The van der Waals surface area contributed by atoms with E-state index in [-0.39, 0.29) is 12.4 Å². The van der Waals surface area contributed by atoms with Crippen molar-refractivity contribution in [3.8, 4) is 17.2 Å². The van der Waals surface area contributed by atoms with Crippen molar-refractivity contribution in [1.82, 2.24) is 0 Å². The van der Waals surface area contributed by atoms with Crippen LogP contribution in [0.5, 0.6) is 17.2 Å². The highest BCUT2D eigenvalue weighted by molar-refractivity contribution is 5.91. The van der Waals surface area contributed by atoms with Gasteiger partial charge >= 0.3 is 5.97 Å². The first kappa shape index (κ1) is 19.5. The predicted molar refractivity (Wildman–Crippen MR) is 90.6 cm³/mol. The number of methoxy groups -OCH3 is 3. The normalized spacial score (nSPS) is 11.2. The van der Waals surface area contributed by atoms with Crippen molar-refractivity contribution in [2.75, 3.05) is 27.9 Å². The first-order valence-electron chi connectivity index (χ1n) is 7.41. The Balaban J connectivity index is 2.86. The third kappa shape index (κ3) is 5.30. The summed E-state index contributed by atoms with van der Waals surface area (Å²) in [6.45, 7) is 5.06. The van der Waals surface area contributed by atoms with Crippen LogP contribution in [0, 0.1) is 5.41 Å². The van der Waals surface area contributed by atoms with Gasteiger partial charge in [0.1, 0.15) is 5.75 Å². The maximum absolute atomic E-state index is 11.8. The summed E-state index contributed by atoms with van der Waals surface area (Å²) >= 11 is 0. The van der Waals surface area contributed by atoms with E-state index < -0.39 is 11.4 Å². The maximum atomic E-state index is 11.8. The van der Waals surface area contributed by atoms with Crippen LogP contribution in [-0.4, -0.2) is 39.7 Å². The topological polar surface area (TPSA) is 71.1 Å². The third-order valence-electron chi connectivity index (χ3n) is 3.32. The van der Waals surface area contributed by atoms with Crippen LogP contribution in [0.25, 0.3) is 6.08 Å². The number of ketones is 1. The highest BCUT2D eigenvalue weighted by Crippen LogP contribution is 2.35. The molecule has 0 atom stereocenters. The minimum atomic E-state index is -0.607. The van der Waals surface area contributed by atoms with E-state index in [0.717, 1.165) is 0 Å². The molecule has 6 nitrogen and oxygen atoms in total. The van der Waals surface area contributed by atoms with Crippen molar-refractivity contribution >= 4 is 17.8 Å². The Morgan fingerprint density at radius 2 is 1.50 bits per heavy atom. The molecule has 0 N–H and O–H groups in total. The van der Waals surface area contributed by atoms with E-state index in [4.69, 9.17) is 18.9 Å². The fourth-order valence-corrected chi connectivity index (χ4v) is 1.74. The van der Waals surface area contributed by atoms with Crippen LogP contribution in [0.4, 0.5) is 0 Å². The molecule has 0 spiro atoms. The molecule has 0 heterocycles. The van der Waals surface area contributed by atoms with Crippen LogP contribution in [0.2, 0.25) is 0 Å². The molecule has 0 bridgehead atoms. The number of carbonyl (C=O) groups is 2. The van der Waals surface area contributed by atoms with Gasteiger partial charge in [-0.3, -0.25) is 4.79 Å². The van der Waals surface area contributed by atoms with Crippen LogP contribution >= 0.6 is 0 Å². The zero-order chi connectivity index (χ0) is 18.3. The van der Waals surface area contributed by atoms with Crippen molar-refractivity contribution in [2.45, 2.75) is 20.8 Å². The zero-order valence-corrected chi connectivity index (χ0v) is 15.0. The minimum absolute atomic E-state index is 0.145. The fraction of sp³-hybridized carbons (Fsp3) is 0.444. The van der Waals surface area contributed by atoms with Gasteiger partial charge in [-0.05, 0) is 12.1 Å². The minimum Gasteiger partial charge on any atom is -0.496 e. The zero-order valence-electron chi connectivity index (χ0n) is 15.0. The molecule has 1 aromatic rings. The van der Waals surface area contributed by atoms with E-state index in [9.17, 15) is 9.59 Å². The van der Waals surface area contributed by atoms with Gasteiger partial charge in [-0.1, -0.05) is 20.8 Å². The van der Waals surface area contributed by atoms with Crippen molar-refractivity contribution < 1.29 is 28.5 Å². The van der Waals surface area contributed by atoms with E-state index in [2.05, 4.69) is 0 Å². The molecule has 0 aliphatic rings. The Morgan fingerprint density at radius 3 is 2.00 bits per heavy atom. The van der Waals surface area contributed by atoms with Gasteiger partial charge < -0.3 is 18.9 Å². The van der Waals surface area contributed by atoms with Crippen molar-refractivity contribution in [1.29, 1.82) is 0 Å². The van der Waals surface area contributed by atoms with Crippen molar-refractivity contribution in [2.24, 2.45) is 5.41 Å². The molecule has 0 saturated carbocycles. The van der Waals surface area contributed by atoms with Crippen LogP contribution in [0.15, 0.2) is 18.2 Å².